The van der Waals surface area contributed by atoms with Crippen molar-refractivity contribution in [3.63, 3.8) is 0 Å². The minimum Gasteiger partial charge on any atom is -0.469 e. The molecule has 1 heterocycles. The second kappa shape index (κ2) is 8.31. The van der Waals surface area contributed by atoms with Crippen LogP contribution in [0.25, 0.3) is 22.8 Å². The largest absolute Gasteiger partial charge is 0.469 e. The minimum absolute atomic E-state index is 0.0988. The van der Waals surface area contributed by atoms with Crippen molar-refractivity contribution in [2.75, 3.05) is 7.11 Å². The number of hydrogen-bond acceptors (Lipinski definition) is 5. The van der Waals surface area contributed by atoms with Crippen LogP contribution in [0.5, 0.6) is 0 Å². The molecule has 0 fully saturated rings. The molecule has 138 valence electrons. The molecule has 0 saturated heterocycles. The molecule has 3 aromatic rings. The molecule has 0 saturated carbocycles. The van der Waals surface area contributed by atoms with Crippen molar-refractivity contribution in [1.82, 2.24) is 10.3 Å². The average molecular weight is 364 g/mol. The van der Waals surface area contributed by atoms with Crippen LogP contribution in [-0.2, 0) is 9.53 Å². The molecule has 27 heavy (non-hydrogen) atoms. The Bertz CT molecular complexity index is 934. The summed E-state index contributed by atoms with van der Waals surface area (Å²) in [7, 11) is 1.32. The number of esters is 1. The fraction of sp³-hybridized carbons (Fsp3) is 0.190. The maximum absolute atomic E-state index is 12.7. The van der Waals surface area contributed by atoms with Gasteiger partial charge in [0, 0.05) is 17.2 Å². The number of rotatable bonds is 6. The highest BCUT2D eigenvalue weighted by Gasteiger charge is 2.19. The van der Waals surface area contributed by atoms with Crippen LogP contribution in [0.4, 0.5) is 0 Å². The number of nitrogens with one attached hydrogen (secondary N) is 1. The van der Waals surface area contributed by atoms with E-state index in [2.05, 4.69) is 15.0 Å². The number of carbonyl (C=O) groups excluding carboxylic acids is 2. The molecule has 1 aromatic heterocycles. The summed E-state index contributed by atoms with van der Waals surface area (Å²) in [5, 5.41) is 2.80. The number of ether oxygens (including phenoxy) is 1. The van der Waals surface area contributed by atoms with Crippen molar-refractivity contribution < 1.29 is 18.7 Å². The number of benzene rings is 2. The number of carbonyl (C=O) groups is 2. The Balaban J connectivity index is 1.83. The third-order valence-electron chi connectivity index (χ3n) is 4.04. The molecule has 0 radical (unpaired) electrons. The monoisotopic (exact) mass is 364 g/mol. The molecule has 1 N–H and O–H groups in total. The third-order valence-corrected chi connectivity index (χ3v) is 4.04. The molecule has 0 aliphatic rings. The molecule has 1 atom stereocenters. The van der Waals surface area contributed by atoms with Crippen molar-refractivity contribution >= 4 is 11.9 Å². The lowest BCUT2D eigenvalue weighted by Crippen LogP contribution is -2.34. The predicted octanol–water partition coefficient (Wildman–Crippen LogP) is 3.69. The fourth-order valence-electron chi connectivity index (χ4n) is 2.69. The first kappa shape index (κ1) is 18.4. The van der Waals surface area contributed by atoms with Crippen LogP contribution in [0.3, 0.4) is 0 Å². The molecular formula is C21H20N2O4. The van der Waals surface area contributed by atoms with Gasteiger partial charge in [-0.1, -0.05) is 42.5 Å². The number of aromatic nitrogens is 1. The molecule has 2 aromatic carbocycles. The first-order chi connectivity index (χ1) is 13.1. The van der Waals surface area contributed by atoms with E-state index < -0.39 is 0 Å². The van der Waals surface area contributed by atoms with Crippen LogP contribution in [0.15, 0.2) is 65.2 Å². The van der Waals surface area contributed by atoms with Gasteiger partial charge in [0.1, 0.15) is 0 Å². The second-order valence-electron chi connectivity index (χ2n) is 6.10. The second-order valence-corrected chi connectivity index (χ2v) is 6.10. The first-order valence-electron chi connectivity index (χ1n) is 8.57. The van der Waals surface area contributed by atoms with Crippen molar-refractivity contribution in [3.8, 4) is 22.8 Å². The molecule has 0 aliphatic heterocycles. The molecule has 0 aliphatic carbocycles. The summed E-state index contributed by atoms with van der Waals surface area (Å²) in [5.41, 5.74) is 1.92. The quantitative estimate of drug-likeness (QED) is 0.675. The van der Waals surface area contributed by atoms with Gasteiger partial charge in [0.05, 0.1) is 25.3 Å². The van der Waals surface area contributed by atoms with E-state index >= 15 is 0 Å². The number of amides is 1. The zero-order valence-electron chi connectivity index (χ0n) is 15.1. The zero-order chi connectivity index (χ0) is 19.2. The predicted molar refractivity (Wildman–Crippen MR) is 101 cm³/mol. The zero-order valence-corrected chi connectivity index (χ0v) is 15.1. The maximum Gasteiger partial charge on any atom is 0.307 e. The minimum atomic E-state index is -0.378. The van der Waals surface area contributed by atoms with E-state index in [-0.39, 0.29) is 24.3 Å². The van der Waals surface area contributed by atoms with Gasteiger partial charge >= 0.3 is 5.97 Å². The molecule has 0 bridgehead atoms. The van der Waals surface area contributed by atoms with Crippen molar-refractivity contribution in [2.24, 2.45) is 0 Å². The van der Waals surface area contributed by atoms with Crippen LogP contribution >= 0.6 is 0 Å². The Hall–Kier alpha value is -3.41. The SMILES string of the molecule is COC(=O)CC(C)NC(=O)c1ccccc1-c1ncc(-c2ccccc2)o1. The standard InChI is InChI=1S/C21H20N2O4/c1-14(12-19(24)26-2)23-20(25)16-10-6-7-11-17(16)21-22-13-18(27-21)15-8-4-3-5-9-15/h3-11,13-14H,12H2,1-2H3,(H,23,25). The van der Waals surface area contributed by atoms with E-state index in [0.29, 0.717) is 22.8 Å². The van der Waals surface area contributed by atoms with E-state index in [1.807, 2.05) is 36.4 Å². The molecular weight excluding hydrogens is 344 g/mol. The van der Waals surface area contributed by atoms with Gasteiger partial charge in [0.15, 0.2) is 5.76 Å². The van der Waals surface area contributed by atoms with Crippen molar-refractivity contribution in [1.29, 1.82) is 0 Å². The molecule has 1 amide bonds. The summed E-state index contributed by atoms with van der Waals surface area (Å²) in [6.07, 6.45) is 1.74. The van der Waals surface area contributed by atoms with Gasteiger partial charge in [-0.2, -0.15) is 0 Å². The van der Waals surface area contributed by atoms with E-state index in [0.717, 1.165) is 5.56 Å². The lowest BCUT2D eigenvalue weighted by molar-refractivity contribution is -0.141. The Labute approximate surface area is 157 Å². The number of hydrogen-bond donors (Lipinski definition) is 1. The Morgan fingerprint density at radius 1 is 1.11 bits per heavy atom. The van der Waals surface area contributed by atoms with Crippen LogP contribution in [0.2, 0.25) is 0 Å². The van der Waals surface area contributed by atoms with Gasteiger partial charge in [-0.25, -0.2) is 4.98 Å². The highest BCUT2D eigenvalue weighted by molar-refractivity contribution is 6.00. The summed E-state index contributed by atoms with van der Waals surface area (Å²) < 4.78 is 10.5. The van der Waals surface area contributed by atoms with Crippen LogP contribution in [0, 0.1) is 0 Å². The van der Waals surface area contributed by atoms with E-state index in [1.54, 1.807) is 31.3 Å². The molecule has 1 unspecified atom stereocenters. The van der Waals surface area contributed by atoms with Crippen LogP contribution in [-0.4, -0.2) is 30.0 Å². The number of methoxy groups -OCH3 is 1. The van der Waals surface area contributed by atoms with Gasteiger partial charge in [0.25, 0.3) is 5.91 Å². The Morgan fingerprint density at radius 2 is 1.81 bits per heavy atom. The first-order valence-corrected chi connectivity index (χ1v) is 8.57. The highest BCUT2D eigenvalue weighted by Crippen LogP contribution is 2.28. The van der Waals surface area contributed by atoms with Crippen LogP contribution < -0.4 is 5.32 Å². The van der Waals surface area contributed by atoms with Crippen molar-refractivity contribution in [3.05, 3.63) is 66.4 Å². The van der Waals surface area contributed by atoms with E-state index in [4.69, 9.17) is 4.42 Å². The average Bonchev–Trinajstić information content (AvgIpc) is 3.18. The van der Waals surface area contributed by atoms with Gasteiger partial charge in [-0.3, -0.25) is 9.59 Å². The van der Waals surface area contributed by atoms with Gasteiger partial charge in [-0.05, 0) is 19.1 Å². The number of nitrogens with zero attached hydrogens (tertiary/aromatic N) is 1. The molecule has 6 heteroatoms. The van der Waals surface area contributed by atoms with Gasteiger partial charge in [0.2, 0.25) is 5.89 Å². The highest BCUT2D eigenvalue weighted by atomic mass is 16.5. The molecule has 3 rings (SSSR count). The topological polar surface area (TPSA) is 81.4 Å². The van der Waals surface area contributed by atoms with E-state index in [1.165, 1.54) is 7.11 Å². The van der Waals surface area contributed by atoms with E-state index in [9.17, 15) is 9.59 Å². The summed E-state index contributed by atoms with van der Waals surface area (Å²) in [5.74, 6) is 0.304. The lowest BCUT2D eigenvalue weighted by atomic mass is 10.1. The number of oxazole rings is 1. The normalized spacial score (nSPS) is 11.6. The lowest BCUT2D eigenvalue weighted by Gasteiger charge is -2.14. The third kappa shape index (κ3) is 4.41. The molecule has 6 nitrogen and oxygen atoms in total. The summed E-state index contributed by atoms with van der Waals surface area (Å²) >= 11 is 0. The van der Waals surface area contributed by atoms with Crippen molar-refractivity contribution in [2.45, 2.75) is 19.4 Å². The smallest absolute Gasteiger partial charge is 0.307 e. The summed E-state index contributed by atoms with van der Waals surface area (Å²) in [6, 6.07) is 16.3. The van der Waals surface area contributed by atoms with Crippen LogP contribution in [0.1, 0.15) is 23.7 Å². The summed E-state index contributed by atoms with van der Waals surface area (Å²) in [6.45, 7) is 1.75. The maximum atomic E-state index is 12.7. The Kier molecular flexibility index (Phi) is 5.66. The Morgan fingerprint density at radius 3 is 2.56 bits per heavy atom. The fourth-order valence-corrected chi connectivity index (χ4v) is 2.69. The van der Waals surface area contributed by atoms with Gasteiger partial charge < -0.3 is 14.5 Å². The summed E-state index contributed by atoms with van der Waals surface area (Å²) in [4.78, 5) is 28.4. The van der Waals surface area contributed by atoms with Gasteiger partial charge in [-0.15, -0.1) is 0 Å². The molecule has 0 spiro atoms.